The molecular weight excluding hydrogens is 320 g/mol. The lowest BCUT2D eigenvalue weighted by atomic mass is 10.1. The zero-order valence-corrected chi connectivity index (χ0v) is 14.1. The number of rotatable bonds is 7. The molecule has 0 aliphatic rings. The highest BCUT2D eigenvalue weighted by Gasteiger charge is 2.14. The van der Waals surface area contributed by atoms with Gasteiger partial charge in [-0.3, -0.25) is 0 Å². The van der Waals surface area contributed by atoms with Gasteiger partial charge in [-0.15, -0.1) is 0 Å². The molecule has 0 saturated heterocycles. The molecule has 0 amide bonds. The molecule has 4 aromatic rings. The first-order valence-corrected chi connectivity index (χ1v) is 8.71. The van der Waals surface area contributed by atoms with E-state index in [0.717, 1.165) is 29.1 Å². The van der Waals surface area contributed by atoms with Crippen LogP contribution in [0.15, 0.2) is 33.1 Å². The summed E-state index contributed by atoms with van der Waals surface area (Å²) in [6.07, 6.45) is 5.84. The van der Waals surface area contributed by atoms with Crippen LogP contribution in [0.1, 0.15) is 39.0 Å². The predicted molar refractivity (Wildman–Crippen MR) is 95.0 cm³/mol. The van der Waals surface area contributed by atoms with Crippen molar-refractivity contribution in [1.82, 2.24) is 9.97 Å². The highest BCUT2D eigenvalue weighted by molar-refractivity contribution is 6.13. The first kappa shape index (κ1) is 15.7. The first-order chi connectivity index (χ1) is 12.3. The Labute approximate surface area is 144 Å². The van der Waals surface area contributed by atoms with Gasteiger partial charge in [0.25, 0.3) is 0 Å². The molecule has 0 radical (unpaired) electrons. The van der Waals surface area contributed by atoms with Crippen LogP contribution in [0.2, 0.25) is 0 Å². The minimum Gasteiger partial charge on any atom is -0.466 e. The Morgan fingerprint density at radius 1 is 0.880 bits per heavy atom. The predicted octanol–water partition coefficient (Wildman–Crippen LogP) is 5.18. The Bertz CT molecular complexity index is 1020. The van der Waals surface area contributed by atoms with Crippen molar-refractivity contribution in [3.63, 3.8) is 0 Å². The fraction of sp³-hybridized carbons (Fsp3) is 0.368. The van der Waals surface area contributed by atoms with Crippen LogP contribution >= 0.6 is 0 Å². The van der Waals surface area contributed by atoms with Crippen LogP contribution in [0, 0.1) is 0 Å². The molecule has 2 aromatic carbocycles. The van der Waals surface area contributed by atoms with Gasteiger partial charge in [0.1, 0.15) is 11.0 Å². The third-order valence-electron chi connectivity index (χ3n) is 4.35. The summed E-state index contributed by atoms with van der Waals surface area (Å²) in [6.45, 7) is 2.81. The van der Waals surface area contributed by atoms with E-state index < -0.39 is 0 Å². The Balaban J connectivity index is 1.59. The number of aromatic nitrogens is 2. The summed E-state index contributed by atoms with van der Waals surface area (Å²) in [5.41, 5.74) is 2.54. The van der Waals surface area contributed by atoms with Crippen LogP contribution in [0.3, 0.4) is 0 Å². The number of hydrogen-bond donors (Lipinski definition) is 1. The highest BCUT2D eigenvalue weighted by Crippen LogP contribution is 2.33. The van der Waals surface area contributed by atoms with Gasteiger partial charge < -0.3 is 18.7 Å². The second kappa shape index (κ2) is 6.63. The van der Waals surface area contributed by atoms with Gasteiger partial charge in [0.2, 0.25) is 0 Å². The zero-order chi connectivity index (χ0) is 17.2. The summed E-state index contributed by atoms with van der Waals surface area (Å²) < 4.78 is 16.5. The maximum atomic E-state index is 9.48. The molecule has 4 rings (SSSR count). The van der Waals surface area contributed by atoms with Gasteiger partial charge in [0, 0.05) is 10.8 Å². The molecule has 0 fully saturated rings. The Morgan fingerprint density at radius 2 is 1.56 bits per heavy atom. The van der Waals surface area contributed by atoms with E-state index >= 15 is 0 Å². The molecule has 0 bridgehead atoms. The summed E-state index contributed by atoms with van der Waals surface area (Å²) in [5, 5.41) is 11.2. The van der Waals surface area contributed by atoms with Crippen molar-refractivity contribution >= 4 is 33.0 Å². The molecule has 0 aliphatic carbocycles. The smallest absolute Gasteiger partial charge is 0.394 e. The molecule has 2 heterocycles. The Kier molecular flexibility index (Phi) is 4.17. The minimum atomic E-state index is -0.338. The lowest BCUT2D eigenvalue weighted by molar-refractivity contribution is 0.230. The van der Waals surface area contributed by atoms with Gasteiger partial charge in [-0.1, -0.05) is 32.6 Å². The third-order valence-corrected chi connectivity index (χ3v) is 4.35. The van der Waals surface area contributed by atoms with E-state index in [1.54, 1.807) is 6.07 Å². The zero-order valence-electron chi connectivity index (χ0n) is 14.1. The molecule has 130 valence electrons. The van der Waals surface area contributed by atoms with Crippen molar-refractivity contribution in [3.05, 3.63) is 24.3 Å². The summed E-state index contributed by atoms with van der Waals surface area (Å²) in [4.78, 5) is 8.52. The van der Waals surface area contributed by atoms with Crippen molar-refractivity contribution in [2.75, 3.05) is 6.61 Å². The largest absolute Gasteiger partial charge is 0.466 e. The first-order valence-electron chi connectivity index (χ1n) is 8.71. The van der Waals surface area contributed by atoms with E-state index in [1.165, 1.54) is 19.3 Å². The minimum absolute atomic E-state index is 0.293. The van der Waals surface area contributed by atoms with Gasteiger partial charge in [0.05, 0.1) is 6.61 Å². The SMILES string of the molecule is CCCCCCCOc1nc2c(ccc3c2ccc2oc(O)nc23)o1. The average molecular weight is 340 g/mol. The van der Waals surface area contributed by atoms with Crippen LogP contribution in [-0.2, 0) is 0 Å². The summed E-state index contributed by atoms with van der Waals surface area (Å²) in [7, 11) is 0. The van der Waals surface area contributed by atoms with E-state index in [-0.39, 0.29) is 6.08 Å². The number of nitrogens with zero attached hydrogens (tertiary/aromatic N) is 2. The lowest BCUT2D eigenvalue weighted by Gasteiger charge is -2.00. The molecule has 0 unspecified atom stereocenters. The van der Waals surface area contributed by atoms with E-state index in [9.17, 15) is 5.11 Å². The van der Waals surface area contributed by atoms with Gasteiger partial charge >= 0.3 is 12.2 Å². The molecule has 2 aromatic heterocycles. The van der Waals surface area contributed by atoms with E-state index in [4.69, 9.17) is 13.6 Å². The number of oxazole rings is 2. The monoisotopic (exact) mass is 340 g/mol. The number of unbranched alkanes of at least 4 members (excludes halogenated alkanes) is 4. The molecule has 0 atom stereocenters. The third kappa shape index (κ3) is 2.99. The molecule has 0 spiro atoms. The second-order valence-electron chi connectivity index (χ2n) is 6.16. The number of fused-ring (bicyclic) bond motifs is 5. The van der Waals surface area contributed by atoms with Gasteiger partial charge in [-0.25, -0.2) is 0 Å². The number of ether oxygens (including phenoxy) is 1. The summed E-state index contributed by atoms with van der Waals surface area (Å²) in [5.74, 6) is 0. The lowest BCUT2D eigenvalue weighted by Crippen LogP contribution is -1.97. The molecular formula is C19H20N2O4. The maximum Gasteiger partial charge on any atom is 0.394 e. The van der Waals surface area contributed by atoms with E-state index in [1.807, 2.05) is 18.2 Å². The van der Waals surface area contributed by atoms with Crippen LogP contribution in [-0.4, -0.2) is 21.7 Å². The second-order valence-corrected chi connectivity index (χ2v) is 6.16. The van der Waals surface area contributed by atoms with Gasteiger partial charge in [-0.2, -0.15) is 9.97 Å². The van der Waals surface area contributed by atoms with Crippen molar-refractivity contribution in [3.8, 4) is 12.2 Å². The highest BCUT2D eigenvalue weighted by atomic mass is 16.6. The van der Waals surface area contributed by atoms with Gasteiger partial charge in [-0.05, 0) is 30.7 Å². The quantitative estimate of drug-likeness (QED) is 0.467. The number of aromatic hydroxyl groups is 1. The number of hydrogen-bond acceptors (Lipinski definition) is 6. The van der Waals surface area contributed by atoms with E-state index in [0.29, 0.717) is 29.4 Å². The number of benzene rings is 2. The Hall–Kier alpha value is -2.76. The Morgan fingerprint density at radius 3 is 2.32 bits per heavy atom. The van der Waals surface area contributed by atoms with Crippen LogP contribution < -0.4 is 4.74 Å². The fourth-order valence-corrected chi connectivity index (χ4v) is 3.08. The molecule has 25 heavy (non-hydrogen) atoms. The van der Waals surface area contributed by atoms with Crippen molar-refractivity contribution in [1.29, 1.82) is 0 Å². The van der Waals surface area contributed by atoms with Crippen LogP contribution in [0.5, 0.6) is 12.2 Å². The van der Waals surface area contributed by atoms with Crippen molar-refractivity contribution in [2.45, 2.75) is 39.0 Å². The fourth-order valence-electron chi connectivity index (χ4n) is 3.08. The van der Waals surface area contributed by atoms with Crippen LogP contribution in [0.4, 0.5) is 0 Å². The standard InChI is InChI=1S/C19H20N2O4/c1-2-3-4-5-6-11-23-19-21-17-13-7-9-14-16(20-18(22)24-14)12(13)8-10-15(17)25-19/h7-10H,2-6,11H2,1H3,(H,20,22). The van der Waals surface area contributed by atoms with Crippen molar-refractivity contribution < 1.29 is 18.7 Å². The molecule has 0 aliphatic heterocycles. The summed E-state index contributed by atoms with van der Waals surface area (Å²) in [6, 6.07) is 7.39. The topological polar surface area (TPSA) is 81.5 Å². The maximum absolute atomic E-state index is 9.48. The molecule has 0 saturated carbocycles. The molecule has 1 N–H and O–H groups in total. The van der Waals surface area contributed by atoms with Crippen molar-refractivity contribution in [2.24, 2.45) is 0 Å². The van der Waals surface area contributed by atoms with E-state index in [2.05, 4.69) is 16.9 Å². The summed E-state index contributed by atoms with van der Waals surface area (Å²) >= 11 is 0. The van der Waals surface area contributed by atoms with Crippen LogP contribution in [0.25, 0.3) is 33.0 Å². The molecule has 6 nitrogen and oxygen atoms in total. The van der Waals surface area contributed by atoms with Gasteiger partial charge in [0.15, 0.2) is 11.2 Å². The average Bonchev–Trinajstić information content (AvgIpc) is 3.19. The normalized spacial score (nSPS) is 11.7. The molecule has 6 heteroatoms.